The fraction of sp³-hybridized carbons (Fsp3) is 1.00. The molecule has 0 aliphatic carbocycles. The Morgan fingerprint density at radius 1 is 1.58 bits per heavy atom. The zero-order valence-corrected chi connectivity index (χ0v) is 9.18. The van der Waals surface area contributed by atoms with E-state index < -0.39 is 0 Å². The molecule has 0 aromatic carbocycles. The maximum absolute atomic E-state index is 5.63. The summed E-state index contributed by atoms with van der Waals surface area (Å²) in [5.41, 5.74) is 0. The molecule has 0 aromatic heterocycles. The Kier molecular flexibility index (Phi) is 5.19. The minimum atomic E-state index is 0.0367. The Bertz CT molecular complexity index is 113. The van der Waals surface area contributed by atoms with Crippen molar-refractivity contribution in [3.05, 3.63) is 0 Å². The molecule has 12 heavy (non-hydrogen) atoms. The van der Waals surface area contributed by atoms with Crippen LogP contribution in [0.4, 0.5) is 0 Å². The lowest BCUT2D eigenvalue weighted by atomic mass is 10.2. The van der Waals surface area contributed by atoms with Gasteiger partial charge in [0.05, 0.1) is 0 Å². The highest BCUT2D eigenvalue weighted by molar-refractivity contribution is 9.09. The highest BCUT2D eigenvalue weighted by atomic mass is 79.9. The molecule has 1 heterocycles. The number of hydrogen-bond acceptors (Lipinski definition) is 2. The first-order valence-electron chi connectivity index (χ1n) is 4.74. The number of rotatable bonds is 4. The van der Waals surface area contributed by atoms with E-state index in [0.717, 1.165) is 25.9 Å². The van der Waals surface area contributed by atoms with Gasteiger partial charge in [-0.25, -0.2) is 0 Å². The molecule has 2 unspecified atom stereocenters. The van der Waals surface area contributed by atoms with Crippen molar-refractivity contribution in [3.63, 3.8) is 0 Å². The van der Waals surface area contributed by atoms with Gasteiger partial charge in [0.25, 0.3) is 0 Å². The lowest BCUT2D eigenvalue weighted by molar-refractivity contribution is -0.169. The molecule has 0 N–H and O–H groups in total. The highest BCUT2D eigenvalue weighted by Gasteiger charge is 2.17. The van der Waals surface area contributed by atoms with Gasteiger partial charge in [-0.2, -0.15) is 0 Å². The zero-order valence-electron chi connectivity index (χ0n) is 7.59. The van der Waals surface area contributed by atoms with Gasteiger partial charge < -0.3 is 9.47 Å². The summed E-state index contributed by atoms with van der Waals surface area (Å²) in [6.45, 7) is 3.01. The molecule has 0 bridgehead atoms. The van der Waals surface area contributed by atoms with Gasteiger partial charge in [0.15, 0.2) is 6.29 Å². The van der Waals surface area contributed by atoms with Gasteiger partial charge in [0, 0.05) is 6.61 Å². The van der Waals surface area contributed by atoms with Crippen LogP contribution in [-0.4, -0.2) is 17.9 Å². The van der Waals surface area contributed by atoms with Crippen molar-refractivity contribution in [1.29, 1.82) is 0 Å². The summed E-state index contributed by atoms with van der Waals surface area (Å²) < 4.78 is 11.1. The molecule has 1 saturated heterocycles. The molecule has 0 radical (unpaired) electrons. The van der Waals surface area contributed by atoms with E-state index >= 15 is 0 Å². The largest absolute Gasteiger partial charge is 0.353 e. The number of ether oxygens (including phenoxy) is 2. The molecule has 2 nitrogen and oxygen atoms in total. The van der Waals surface area contributed by atoms with Crippen LogP contribution in [0.15, 0.2) is 0 Å². The van der Waals surface area contributed by atoms with Gasteiger partial charge >= 0.3 is 0 Å². The monoisotopic (exact) mass is 236 g/mol. The molecular weight excluding hydrogens is 220 g/mol. The van der Waals surface area contributed by atoms with Crippen molar-refractivity contribution in [1.82, 2.24) is 0 Å². The van der Waals surface area contributed by atoms with E-state index in [2.05, 4.69) is 22.9 Å². The van der Waals surface area contributed by atoms with Gasteiger partial charge in [-0.3, -0.25) is 0 Å². The molecule has 3 heteroatoms. The second kappa shape index (κ2) is 5.95. The second-order valence-corrected chi connectivity index (χ2v) is 4.15. The van der Waals surface area contributed by atoms with Crippen molar-refractivity contribution >= 4 is 15.9 Å². The summed E-state index contributed by atoms with van der Waals surface area (Å²) in [5, 5.41) is 0.172. The third kappa shape index (κ3) is 3.87. The van der Waals surface area contributed by atoms with Gasteiger partial charge in [0.1, 0.15) is 5.01 Å². The molecule has 1 fully saturated rings. The Morgan fingerprint density at radius 2 is 2.42 bits per heavy atom. The SMILES string of the molecule is CCCC(Br)OC1CCCCO1. The average Bonchev–Trinajstić information content (AvgIpc) is 2.06. The van der Waals surface area contributed by atoms with Crippen LogP contribution in [0.25, 0.3) is 0 Å². The van der Waals surface area contributed by atoms with Crippen molar-refractivity contribution < 1.29 is 9.47 Å². The molecular formula is C9H17BrO2. The topological polar surface area (TPSA) is 18.5 Å². The summed E-state index contributed by atoms with van der Waals surface area (Å²) in [4.78, 5) is 0. The van der Waals surface area contributed by atoms with E-state index in [4.69, 9.17) is 9.47 Å². The van der Waals surface area contributed by atoms with E-state index in [-0.39, 0.29) is 11.3 Å². The van der Waals surface area contributed by atoms with Crippen LogP contribution in [0.2, 0.25) is 0 Å². The molecule has 1 aliphatic heterocycles. The first kappa shape index (κ1) is 10.5. The number of halogens is 1. The minimum absolute atomic E-state index is 0.0367. The quantitative estimate of drug-likeness (QED) is 0.699. The van der Waals surface area contributed by atoms with Crippen LogP contribution in [0.3, 0.4) is 0 Å². The summed E-state index contributed by atoms with van der Waals surface area (Å²) in [7, 11) is 0. The van der Waals surface area contributed by atoms with Crippen molar-refractivity contribution in [2.75, 3.05) is 6.61 Å². The molecule has 0 saturated carbocycles. The van der Waals surface area contributed by atoms with Crippen molar-refractivity contribution in [2.45, 2.75) is 50.3 Å². The van der Waals surface area contributed by atoms with Gasteiger partial charge in [0.2, 0.25) is 0 Å². The Balaban J connectivity index is 2.11. The standard InChI is InChI=1S/C9H17BrO2/c1-2-5-8(10)12-9-6-3-4-7-11-9/h8-9H,2-7H2,1H3. The Hall–Kier alpha value is 0.400. The van der Waals surface area contributed by atoms with Crippen LogP contribution in [0.1, 0.15) is 39.0 Å². The fourth-order valence-corrected chi connectivity index (χ4v) is 1.98. The summed E-state index contributed by atoms with van der Waals surface area (Å²) in [6.07, 6.45) is 5.69. The predicted molar refractivity (Wildman–Crippen MR) is 52.3 cm³/mol. The van der Waals surface area contributed by atoms with E-state index in [1.54, 1.807) is 0 Å². The Labute approximate surface area is 82.7 Å². The first-order chi connectivity index (χ1) is 5.83. The fourth-order valence-electron chi connectivity index (χ4n) is 1.28. The lowest BCUT2D eigenvalue weighted by Gasteiger charge is -2.25. The van der Waals surface area contributed by atoms with Crippen LogP contribution in [0, 0.1) is 0 Å². The van der Waals surface area contributed by atoms with Gasteiger partial charge in [-0.1, -0.05) is 29.3 Å². The minimum Gasteiger partial charge on any atom is -0.353 e. The maximum Gasteiger partial charge on any atom is 0.159 e. The number of hydrogen-bond donors (Lipinski definition) is 0. The van der Waals surface area contributed by atoms with Crippen LogP contribution < -0.4 is 0 Å². The van der Waals surface area contributed by atoms with Crippen LogP contribution in [-0.2, 0) is 9.47 Å². The molecule has 0 spiro atoms. The first-order valence-corrected chi connectivity index (χ1v) is 5.65. The lowest BCUT2D eigenvalue weighted by Crippen LogP contribution is -2.25. The molecule has 1 aliphatic rings. The van der Waals surface area contributed by atoms with Gasteiger partial charge in [-0.15, -0.1) is 0 Å². The van der Waals surface area contributed by atoms with E-state index in [9.17, 15) is 0 Å². The predicted octanol–water partition coefficient (Wildman–Crippen LogP) is 3.05. The molecule has 1 rings (SSSR count). The average molecular weight is 237 g/mol. The Morgan fingerprint density at radius 3 is 3.00 bits per heavy atom. The molecule has 0 amide bonds. The summed E-state index contributed by atoms with van der Waals surface area (Å²) in [5.74, 6) is 0. The summed E-state index contributed by atoms with van der Waals surface area (Å²) >= 11 is 3.47. The zero-order chi connectivity index (χ0) is 8.81. The third-order valence-corrected chi connectivity index (χ3v) is 2.63. The second-order valence-electron chi connectivity index (χ2n) is 3.13. The van der Waals surface area contributed by atoms with E-state index in [1.807, 2.05) is 0 Å². The van der Waals surface area contributed by atoms with E-state index in [0.29, 0.717) is 0 Å². The maximum atomic E-state index is 5.63. The van der Waals surface area contributed by atoms with Crippen LogP contribution in [0.5, 0.6) is 0 Å². The van der Waals surface area contributed by atoms with Crippen molar-refractivity contribution in [2.24, 2.45) is 0 Å². The summed E-state index contributed by atoms with van der Waals surface area (Å²) in [6, 6.07) is 0. The van der Waals surface area contributed by atoms with Gasteiger partial charge in [-0.05, 0) is 25.7 Å². The molecule has 0 aromatic rings. The van der Waals surface area contributed by atoms with E-state index in [1.165, 1.54) is 12.8 Å². The normalized spacial score (nSPS) is 27.0. The molecule has 2 atom stereocenters. The third-order valence-electron chi connectivity index (χ3n) is 1.95. The smallest absolute Gasteiger partial charge is 0.159 e. The van der Waals surface area contributed by atoms with Crippen LogP contribution >= 0.6 is 15.9 Å². The number of alkyl halides is 1. The highest BCUT2D eigenvalue weighted by Crippen LogP contribution is 2.19. The van der Waals surface area contributed by atoms with Crippen molar-refractivity contribution in [3.8, 4) is 0 Å². The molecule has 72 valence electrons.